The number of hydrogen-bond donors (Lipinski definition) is 0. The molecule has 3 nitrogen and oxygen atoms in total. The molecule has 1 fully saturated rings. The Morgan fingerprint density at radius 1 is 1.11 bits per heavy atom. The van der Waals surface area contributed by atoms with Crippen molar-refractivity contribution in [2.75, 3.05) is 6.61 Å². The standard InChI is InChI=1S/C16H28O3/c1-4-7-12-8-10-13(11-9-12)15(17)14(5-2)16(18)19-6-3/h12-14H,4-11H2,1-3H3. The molecule has 0 bridgehead atoms. The molecule has 1 aliphatic carbocycles. The second-order valence-corrected chi connectivity index (χ2v) is 5.62. The summed E-state index contributed by atoms with van der Waals surface area (Å²) in [4.78, 5) is 24.2. The highest BCUT2D eigenvalue weighted by Crippen LogP contribution is 2.33. The minimum Gasteiger partial charge on any atom is -0.465 e. The van der Waals surface area contributed by atoms with Crippen LogP contribution >= 0.6 is 0 Å². The number of ketones is 1. The lowest BCUT2D eigenvalue weighted by atomic mass is 9.75. The average molecular weight is 268 g/mol. The Morgan fingerprint density at radius 2 is 1.74 bits per heavy atom. The van der Waals surface area contributed by atoms with Gasteiger partial charge in [-0.3, -0.25) is 9.59 Å². The van der Waals surface area contributed by atoms with Crippen molar-refractivity contribution >= 4 is 11.8 Å². The molecule has 0 spiro atoms. The second-order valence-electron chi connectivity index (χ2n) is 5.62. The summed E-state index contributed by atoms with van der Waals surface area (Å²) >= 11 is 0. The zero-order chi connectivity index (χ0) is 14.3. The molecule has 1 saturated carbocycles. The van der Waals surface area contributed by atoms with Gasteiger partial charge in [0, 0.05) is 5.92 Å². The lowest BCUT2D eigenvalue weighted by molar-refractivity contribution is -0.153. The third kappa shape index (κ3) is 4.63. The van der Waals surface area contributed by atoms with E-state index in [1.54, 1.807) is 6.92 Å². The van der Waals surface area contributed by atoms with Crippen molar-refractivity contribution in [2.45, 2.75) is 65.7 Å². The predicted molar refractivity (Wildman–Crippen MR) is 75.8 cm³/mol. The van der Waals surface area contributed by atoms with Gasteiger partial charge in [0.2, 0.25) is 0 Å². The Kier molecular flexibility index (Phi) is 7.11. The molecule has 1 aliphatic rings. The van der Waals surface area contributed by atoms with E-state index < -0.39 is 5.92 Å². The van der Waals surface area contributed by atoms with Crippen molar-refractivity contribution in [3.8, 4) is 0 Å². The van der Waals surface area contributed by atoms with Crippen LogP contribution in [0.5, 0.6) is 0 Å². The van der Waals surface area contributed by atoms with E-state index in [0.717, 1.165) is 31.6 Å². The van der Waals surface area contributed by atoms with Gasteiger partial charge < -0.3 is 4.74 Å². The SMILES string of the molecule is CCCC1CCC(C(=O)C(CC)C(=O)OCC)CC1. The first-order valence-corrected chi connectivity index (χ1v) is 7.84. The van der Waals surface area contributed by atoms with Crippen LogP contribution in [0, 0.1) is 17.8 Å². The molecule has 1 unspecified atom stereocenters. The first-order chi connectivity index (χ1) is 9.13. The number of ether oxygens (including phenoxy) is 1. The van der Waals surface area contributed by atoms with Gasteiger partial charge >= 0.3 is 5.97 Å². The van der Waals surface area contributed by atoms with E-state index in [9.17, 15) is 9.59 Å². The summed E-state index contributed by atoms with van der Waals surface area (Å²) in [6.45, 7) is 6.24. The predicted octanol–water partition coefficient (Wildman–Crippen LogP) is 3.75. The van der Waals surface area contributed by atoms with Crippen LogP contribution < -0.4 is 0 Å². The summed E-state index contributed by atoms with van der Waals surface area (Å²) < 4.78 is 5.01. The number of Topliss-reactive ketones (excluding diaryl/α,β-unsaturated/α-hetero) is 1. The minimum absolute atomic E-state index is 0.0856. The lowest BCUT2D eigenvalue weighted by Crippen LogP contribution is -2.33. The van der Waals surface area contributed by atoms with Gasteiger partial charge in [-0.15, -0.1) is 0 Å². The van der Waals surface area contributed by atoms with Crippen molar-refractivity contribution < 1.29 is 14.3 Å². The van der Waals surface area contributed by atoms with Crippen molar-refractivity contribution in [3.05, 3.63) is 0 Å². The van der Waals surface area contributed by atoms with Crippen molar-refractivity contribution in [1.29, 1.82) is 0 Å². The summed E-state index contributed by atoms with van der Waals surface area (Å²) in [5.41, 5.74) is 0. The highest BCUT2D eigenvalue weighted by atomic mass is 16.5. The van der Waals surface area contributed by atoms with E-state index in [2.05, 4.69) is 6.92 Å². The Balaban J connectivity index is 2.50. The summed E-state index contributed by atoms with van der Waals surface area (Å²) in [7, 11) is 0. The van der Waals surface area contributed by atoms with Crippen molar-refractivity contribution in [3.63, 3.8) is 0 Å². The third-order valence-electron chi connectivity index (χ3n) is 4.27. The number of rotatable bonds is 7. The number of carbonyl (C=O) groups excluding carboxylic acids is 2. The molecule has 0 N–H and O–H groups in total. The van der Waals surface area contributed by atoms with E-state index in [0.29, 0.717) is 13.0 Å². The molecule has 0 amide bonds. The molecule has 0 heterocycles. The van der Waals surface area contributed by atoms with Crippen molar-refractivity contribution in [1.82, 2.24) is 0 Å². The zero-order valence-corrected chi connectivity index (χ0v) is 12.6. The molecule has 3 heteroatoms. The highest BCUT2D eigenvalue weighted by molar-refractivity contribution is 6.00. The van der Waals surface area contributed by atoms with Crippen LogP contribution in [0.3, 0.4) is 0 Å². The topological polar surface area (TPSA) is 43.4 Å². The molecule has 0 saturated heterocycles. The number of carbonyl (C=O) groups is 2. The molecule has 1 atom stereocenters. The van der Waals surface area contributed by atoms with Gasteiger partial charge in [-0.25, -0.2) is 0 Å². The van der Waals surface area contributed by atoms with Crippen LogP contribution in [0.25, 0.3) is 0 Å². The van der Waals surface area contributed by atoms with E-state index in [4.69, 9.17) is 4.74 Å². The second kappa shape index (κ2) is 8.34. The van der Waals surface area contributed by atoms with E-state index >= 15 is 0 Å². The Labute approximate surface area is 117 Å². The van der Waals surface area contributed by atoms with Crippen LogP contribution in [0.2, 0.25) is 0 Å². The van der Waals surface area contributed by atoms with Crippen LogP contribution in [0.15, 0.2) is 0 Å². The molecule has 19 heavy (non-hydrogen) atoms. The molecule has 1 rings (SSSR count). The number of hydrogen-bond acceptors (Lipinski definition) is 3. The van der Waals surface area contributed by atoms with Gasteiger partial charge in [0.25, 0.3) is 0 Å². The monoisotopic (exact) mass is 268 g/mol. The maximum absolute atomic E-state index is 12.4. The Bertz CT molecular complexity index is 290. The van der Waals surface area contributed by atoms with Gasteiger partial charge in [0.05, 0.1) is 6.61 Å². The molecule has 0 aromatic heterocycles. The first kappa shape index (κ1) is 16.2. The van der Waals surface area contributed by atoms with Crippen LogP contribution in [-0.2, 0) is 14.3 Å². The van der Waals surface area contributed by atoms with Gasteiger partial charge in [0.15, 0.2) is 0 Å². The third-order valence-corrected chi connectivity index (χ3v) is 4.27. The zero-order valence-electron chi connectivity index (χ0n) is 12.6. The summed E-state index contributed by atoms with van der Waals surface area (Å²) in [6, 6.07) is 0. The molecule has 0 radical (unpaired) electrons. The van der Waals surface area contributed by atoms with E-state index in [1.807, 2.05) is 6.92 Å². The molecule has 110 valence electrons. The maximum Gasteiger partial charge on any atom is 0.316 e. The number of esters is 1. The Hall–Kier alpha value is -0.860. The van der Waals surface area contributed by atoms with Crippen LogP contribution in [0.4, 0.5) is 0 Å². The summed E-state index contributed by atoms with van der Waals surface area (Å²) in [5, 5.41) is 0. The summed E-state index contributed by atoms with van der Waals surface area (Å²) in [5.74, 6) is 0.133. The quantitative estimate of drug-likeness (QED) is 0.521. The molecule has 0 aromatic rings. The van der Waals surface area contributed by atoms with Gasteiger partial charge in [0.1, 0.15) is 11.7 Å². The smallest absolute Gasteiger partial charge is 0.316 e. The Morgan fingerprint density at radius 3 is 2.21 bits per heavy atom. The van der Waals surface area contributed by atoms with E-state index in [-0.39, 0.29) is 17.7 Å². The average Bonchev–Trinajstić information content (AvgIpc) is 2.41. The van der Waals surface area contributed by atoms with E-state index in [1.165, 1.54) is 12.8 Å². The normalized spacial score (nSPS) is 24.8. The lowest BCUT2D eigenvalue weighted by Gasteiger charge is -2.29. The largest absolute Gasteiger partial charge is 0.465 e. The molecular formula is C16H28O3. The fourth-order valence-corrected chi connectivity index (χ4v) is 3.16. The fourth-order valence-electron chi connectivity index (χ4n) is 3.16. The van der Waals surface area contributed by atoms with Crippen LogP contribution in [-0.4, -0.2) is 18.4 Å². The van der Waals surface area contributed by atoms with Gasteiger partial charge in [-0.2, -0.15) is 0 Å². The molecule has 0 aromatic carbocycles. The molecular weight excluding hydrogens is 240 g/mol. The highest BCUT2D eigenvalue weighted by Gasteiger charge is 2.34. The fraction of sp³-hybridized carbons (Fsp3) is 0.875. The van der Waals surface area contributed by atoms with Crippen molar-refractivity contribution in [2.24, 2.45) is 17.8 Å². The van der Waals surface area contributed by atoms with Gasteiger partial charge in [-0.05, 0) is 44.9 Å². The minimum atomic E-state index is -0.535. The molecule has 0 aliphatic heterocycles. The maximum atomic E-state index is 12.4. The van der Waals surface area contributed by atoms with Gasteiger partial charge in [-0.1, -0.05) is 26.7 Å². The summed E-state index contributed by atoms with van der Waals surface area (Å²) in [6.07, 6.45) is 7.26. The van der Waals surface area contributed by atoms with Crippen LogP contribution in [0.1, 0.15) is 65.7 Å². The first-order valence-electron chi connectivity index (χ1n) is 7.84.